The number of ether oxygens (including phenoxy) is 1. The van der Waals surface area contributed by atoms with Crippen molar-refractivity contribution in [3.05, 3.63) is 81.7 Å². The summed E-state index contributed by atoms with van der Waals surface area (Å²) < 4.78 is 64.2. The number of fused-ring (bicyclic) bond motifs is 1. The SMILES string of the molecule is Cc1cc([C@@H]2CN(c3cc4c(=O)n(C)c(C)nc4c(-c4ccc(F)cc4F)n3)CC(F)(F)O2)ccn1. The molecule has 0 N–H and O–H groups in total. The first kappa shape index (κ1) is 23.9. The molecule has 36 heavy (non-hydrogen) atoms. The number of alkyl halides is 2. The molecule has 7 nitrogen and oxygen atoms in total. The normalized spacial score (nSPS) is 17.5. The van der Waals surface area contributed by atoms with E-state index in [1.807, 2.05) is 0 Å². The Morgan fingerprint density at radius 2 is 1.86 bits per heavy atom. The maximum atomic E-state index is 14.8. The maximum Gasteiger partial charge on any atom is 0.373 e. The lowest BCUT2D eigenvalue weighted by molar-refractivity contribution is -0.269. The molecule has 186 valence electrons. The predicted octanol–water partition coefficient (Wildman–Crippen LogP) is 4.46. The molecule has 1 aliphatic heterocycles. The average molecular weight is 499 g/mol. The average Bonchev–Trinajstić information content (AvgIpc) is 2.81. The molecule has 0 aliphatic carbocycles. The number of anilines is 1. The summed E-state index contributed by atoms with van der Waals surface area (Å²) in [4.78, 5) is 27.3. The van der Waals surface area contributed by atoms with Crippen molar-refractivity contribution < 1.29 is 22.3 Å². The van der Waals surface area contributed by atoms with E-state index in [0.717, 1.165) is 6.07 Å². The van der Waals surface area contributed by atoms with Crippen LogP contribution in [0.4, 0.5) is 23.4 Å². The van der Waals surface area contributed by atoms with Crippen molar-refractivity contribution >= 4 is 16.7 Å². The largest absolute Gasteiger partial charge is 0.373 e. The summed E-state index contributed by atoms with van der Waals surface area (Å²) in [5.74, 6) is -1.35. The number of halogens is 4. The molecule has 0 spiro atoms. The van der Waals surface area contributed by atoms with Gasteiger partial charge in [-0.15, -0.1) is 0 Å². The van der Waals surface area contributed by atoms with Crippen LogP contribution in [0, 0.1) is 25.5 Å². The van der Waals surface area contributed by atoms with E-state index < -0.39 is 36.0 Å². The first-order valence-electron chi connectivity index (χ1n) is 11.1. The molecule has 0 bridgehead atoms. The molecule has 1 saturated heterocycles. The molecule has 0 amide bonds. The van der Waals surface area contributed by atoms with Crippen molar-refractivity contribution in [3.8, 4) is 11.3 Å². The number of aryl methyl sites for hydroxylation is 2. The molecule has 1 atom stereocenters. The van der Waals surface area contributed by atoms with Crippen molar-refractivity contribution in [2.45, 2.75) is 26.1 Å². The Bertz CT molecular complexity index is 1560. The molecule has 11 heteroatoms. The Balaban J connectivity index is 1.70. The quantitative estimate of drug-likeness (QED) is 0.388. The van der Waals surface area contributed by atoms with E-state index in [1.54, 1.807) is 26.0 Å². The minimum atomic E-state index is -3.53. The van der Waals surface area contributed by atoms with E-state index in [0.29, 0.717) is 23.1 Å². The smallest absolute Gasteiger partial charge is 0.345 e. The number of hydrogen-bond donors (Lipinski definition) is 0. The van der Waals surface area contributed by atoms with Crippen molar-refractivity contribution in [1.29, 1.82) is 0 Å². The van der Waals surface area contributed by atoms with Crippen LogP contribution in [0.3, 0.4) is 0 Å². The fourth-order valence-electron chi connectivity index (χ4n) is 4.28. The Kier molecular flexibility index (Phi) is 5.74. The van der Waals surface area contributed by atoms with Gasteiger partial charge in [-0.2, -0.15) is 8.78 Å². The molecule has 0 saturated carbocycles. The highest BCUT2D eigenvalue weighted by Crippen LogP contribution is 2.37. The molecule has 3 aromatic heterocycles. The van der Waals surface area contributed by atoms with Gasteiger partial charge in [0.15, 0.2) is 0 Å². The molecule has 4 heterocycles. The van der Waals surface area contributed by atoms with Gasteiger partial charge in [0.2, 0.25) is 0 Å². The first-order valence-corrected chi connectivity index (χ1v) is 11.1. The second-order valence-corrected chi connectivity index (χ2v) is 8.73. The summed E-state index contributed by atoms with van der Waals surface area (Å²) in [5, 5.41) is 0.0675. The highest BCUT2D eigenvalue weighted by Gasteiger charge is 2.43. The van der Waals surface area contributed by atoms with Crippen molar-refractivity contribution in [2.24, 2.45) is 7.05 Å². The molecular weight excluding hydrogens is 478 g/mol. The second kappa shape index (κ2) is 8.66. The van der Waals surface area contributed by atoms with Gasteiger partial charge in [0, 0.05) is 30.6 Å². The zero-order valence-corrected chi connectivity index (χ0v) is 19.6. The number of pyridine rings is 2. The minimum Gasteiger partial charge on any atom is -0.345 e. The number of morpholine rings is 1. The number of rotatable bonds is 3. The first-order chi connectivity index (χ1) is 17.0. The minimum absolute atomic E-state index is 0.0114. The number of nitrogens with zero attached hydrogens (tertiary/aromatic N) is 5. The van der Waals surface area contributed by atoms with Gasteiger partial charge in [0.1, 0.15) is 47.1 Å². The lowest BCUT2D eigenvalue weighted by Gasteiger charge is -2.38. The topological polar surface area (TPSA) is 73.1 Å². The molecule has 0 radical (unpaired) electrons. The summed E-state index contributed by atoms with van der Waals surface area (Å²) in [5.41, 5.74) is 0.624. The van der Waals surface area contributed by atoms with Gasteiger partial charge in [0.25, 0.3) is 5.56 Å². The lowest BCUT2D eigenvalue weighted by atomic mass is 10.1. The molecule has 1 fully saturated rings. The Labute approximate surface area is 203 Å². The van der Waals surface area contributed by atoms with Crippen LogP contribution in [0.15, 0.2) is 47.4 Å². The van der Waals surface area contributed by atoms with E-state index in [9.17, 15) is 22.4 Å². The van der Waals surface area contributed by atoms with Crippen molar-refractivity contribution in [2.75, 3.05) is 18.0 Å². The molecule has 1 aromatic carbocycles. The Morgan fingerprint density at radius 3 is 2.58 bits per heavy atom. The number of benzene rings is 1. The van der Waals surface area contributed by atoms with Crippen molar-refractivity contribution in [1.82, 2.24) is 19.5 Å². The fraction of sp³-hybridized carbons (Fsp3) is 0.280. The molecule has 5 rings (SSSR count). The van der Waals surface area contributed by atoms with Crippen LogP contribution in [0.5, 0.6) is 0 Å². The third-order valence-corrected chi connectivity index (χ3v) is 6.15. The zero-order valence-electron chi connectivity index (χ0n) is 19.6. The predicted molar refractivity (Wildman–Crippen MR) is 125 cm³/mol. The molecule has 4 aromatic rings. The van der Waals surface area contributed by atoms with Gasteiger partial charge in [-0.3, -0.25) is 14.3 Å². The van der Waals surface area contributed by atoms with Gasteiger partial charge in [-0.05, 0) is 49.7 Å². The van der Waals surface area contributed by atoms with Crippen LogP contribution < -0.4 is 10.5 Å². The highest BCUT2D eigenvalue weighted by molar-refractivity contribution is 5.93. The maximum absolute atomic E-state index is 14.8. The van der Waals surface area contributed by atoms with Gasteiger partial charge >= 0.3 is 6.11 Å². The fourth-order valence-corrected chi connectivity index (χ4v) is 4.28. The van der Waals surface area contributed by atoms with E-state index in [-0.39, 0.29) is 34.5 Å². The molecule has 1 aliphatic rings. The summed E-state index contributed by atoms with van der Waals surface area (Å²) in [7, 11) is 1.52. The summed E-state index contributed by atoms with van der Waals surface area (Å²) in [6, 6.07) is 7.53. The van der Waals surface area contributed by atoms with Gasteiger partial charge in [-0.25, -0.2) is 18.7 Å². The standard InChI is InChI=1S/C25H21F4N5O2/c1-13-8-15(6-7-30-13)20-11-34(12-25(28,29)36-20)21-10-18-23(31-14(2)33(3)24(18)35)22(32-21)17-5-4-16(26)9-19(17)27/h4-10,20H,11-12H2,1-3H3/t20-/m0/s1. The number of hydrogen-bond acceptors (Lipinski definition) is 6. The lowest BCUT2D eigenvalue weighted by Crippen LogP contribution is -2.48. The van der Waals surface area contributed by atoms with Crippen LogP contribution in [0.2, 0.25) is 0 Å². The Hall–Kier alpha value is -3.86. The summed E-state index contributed by atoms with van der Waals surface area (Å²) in [6.45, 7) is 2.49. The summed E-state index contributed by atoms with van der Waals surface area (Å²) >= 11 is 0. The van der Waals surface area contributed by atoms with E-state index >= 15 is 0 Å². The van der Waals surface area contributed by atoms with E-state index in [1.165, 1.54) is 34.8 Å². The van der Waals surface area contributed by atoms with Crippen molar-refractivity contribution in [3.63, 3.8) is 0 Å². The van der Waals surface area contributed by atoms with Gasteiger partial charge in [0.05, 0.1) is 11.9 Å². The van der Waals surface area contributed by atoms with E-state index in [2.05, 4.69) is 15.0 Å². The summed E-state index contributed by atoms with van der Waals surface area (Å²) in [6.07, 6.45) is -3.04. The van der Waals surface area contributed by atoms with Gasteiger partial charge < -0.3 is 9.64 Å². The third-order valence-electron chi connectivity index (χ3n) is 6.15. The molecule has 0 unspecified atom stereocenters. The highest BCUT2D eigenvalue weighted by atomic mass is 19.3. The van der Waals surface area contributed by atoms with Crippen LogP contribution >= 0.6 is 0 Å². The molecular formula is C25H21F4N5O2. The van der Waals surface area contributed by atoms with E-state index in [4.69, 9.17) is 4.74 Å². The van der Waals surface area contributed by atoms with Gasteiger partial charge in [-0.1, -0.05) is 0 Å². The number of aromatic nitrogens is 4. The van der Waals surface area contributed by atoms with Crippen LogP contribution in [0.25, 0.3) is 22.2 Å². The monoisotopic (exact) mass is 499 g/mol. The third kappa shape index (κ3) is 4.30. The second-order valence-electron chi connectivity index (χ2n) is 8.73. The zero-order chi connectivity index (χ0) is 25.8. The Morgan fingerprint density at radius 1 is 1.08 bits per heavy atom. The van der Waals surface area contributed by atoms with Crippen LogP contribution in [-0.4, -0.2) is 38.7 Å². The van der Waals surface area contributed by atoms with Crippen LogP contribution in [0.1, 0.15) is 23.2 Å². The van der Waals surface area contributed by atoms with Crippen LogP contribution in [-0.2, 0) is 11.8 Å².